The van der Waals surface area contributed by atoms with Crippen LogP contribution in [0.5, 0.6) is 5.75 Å². The predicted octanol–water partition coefficient (Wildman–Crippen LogP) is 2.31. The topological polar surface area (TPSA) is 89.2 Å². The first-order valence-electron chi connectivity index (χ1n) is 7.24. The van der Waals surface area contributed by atoms with E-state index in [1.165, 1.54) is 12.1 Å². The van der Waals surface area contributed by atoms with Crippen LogP contribution in [-0.2, 0) is 0 Å². The van der Waals surface area contributed by atoms with E-state index in [-0.39, 0.29) is 23.2 Å². The van der Waals surface area contributed by atoms with E-state index in [0.29, 0.717) is 29.9 Å². The summed E-state index contributed by atoms with van der Waals surface area (Å²) in [5.41, 5.74) is 13.5. The van der Waals surface area contributed by atoms with Crippen LogP contribution in [0.2, 0.25) is 0 Å². The van der Waals surface area contributed by atoms with Crippen molar-refractivity contribution in [1.82, 2.24) is 9.88 Å². The Morgan fingerprint density at radius 1 is 1.35 bits per heavy atom. The van der Waals surface area contributed by atoms with E-state index in [0.717, 1.165) is 4.57 Å². The summed E-state index contributed by atoms with van der Waals surface area (Å²) in [6, 6.07) is 8.21. The highest BCUT2D eigenvalue weighted by Gasteiger charge is 2.28. The van der Waals surface area contributed by atoms with Gasteiger partial charge in [-0.3, -0.25) is 4.57 Å². The zero-order valence-electron chi connectivity index (χ0n) is 12.3. The number of phenols is 1. The largest absolute Gasteiger partial charge is 0.507 e. The van der Waals surface area contributed by atoms with E-state index in [2.05, 4.69) is 5.32 Å². The molecular formula is C16H18F2N4O. The number of phenolic OH excluding ortho intramolecular Hbond substituents is 1. The molecular weight excluding hydrogens is 302 g/mol. The molecule has 0 unspecified atom stereocenters. The molecule has 0 radical (unpaired) electrons. The third kappa shape index (κ3) is 2.75. The minimum absolute atomic E-state index is 0.0137. The van der Waals surface area contributed by atoms with E-state index in [1.807, 2.05) is 0 Å². The quantitative estimate of drug-likeness (QED) is 0.696. The zero-order chi connectivity index (χ0) is 16.6. The number of rotatable bonds is 4. The number of anilines is 1. The van der Waals surface area contributed by atoms with Gasteiger partial charge in [-0.05, 0) is 24.3 Å². The van der Waals surface area contributed by atoms with Gasteiger partial charge < -0.3 is 21.9 Å². The first kappa shape index (κ1) is 15.4. The van der Waals surface area contributed by atoms with Gasteiger partial charge in [0, 0.05) is 41.5 Å². The van der Waals surface area contributed by atoms with Crippen LogP contribution in [0.3, 0.4) is 0 Å². The summed E-state index contributed by atoms with van der Waals surface area (Å²) in [5.74, 6) is 0.0107. The Morgan fingerprint density at radius 2 is 2.04 bits per heavy atom. The van der Waals surface area contributed by atoms with E-state index in [1.54, 1.807) is 24.3 Å². The first-order valence-corrected chi connectivity index (χ1v) is 7.24. The second kappa shape index (κ2) is 5.92. The van der Waals surface area contributed by atoms with Crippen molar-refractivity contribution >= 4 is 17.6 Å². The molecule has 1 aromatic heterocycles. The number of hydrogen-bond acceptors (Lipinski definition) is 4. The number of aromatic hydroxyl groups is 1. The third-order valence-electron chi connectivity index (χ3n) is 4.06. The smallest absolute Gasteiger partial charge is 0.320 e. The second-order valence-corrected chi connectivity index (χ2v) is 5.53. The third-order valence-corrected chi connectivity index (χ3v) is 4.06. The normalized spacial score (nSPS) is 15.9. The predicted molar refractivity (Wildman–Crippen MR) is 85.9 cm³/mol. The lowest BCUT2D eigenvalue weighted by Crippen LogP contribution is -2.41. The fraction of sp³-hybridized carbons (Fsp3) is 0.250. The van der Waals surface area contributed by atoms with Crippen molar-refractivity contribution < 1.29 is 13.9 Å². The molecule has 122 valence electrons. The second-order valence-electron chi connectivity index (χ2n) is 5.53. The summed E-state index contributed by atoms with van der Waals surface area (Å²) in [4.78, 5) is 0. The number of aromatic nitrogens is 1. The van der Waals surface area contributed by atoms with Crippen molar-refractivity contribution in [3.8, 4) is 5.75 Å². The Labute approximate surface area is 132 Å². The van der Waals surface area contributed by atoms with Crippen LogP contribution in [0, 0.1) is 0 Å². The fourth-order valence-corrected chi connectivity index (χ4v) is 2.69. The molecule has 0 aliphatic carbocycles. The number of para-hydroxylation sites is 1. The molecule has 23 heavy (non-hydrogen) atoms. The van der Waals surface area contributed by atoms with Gasteiger partial charge in [-0.25, -0.2) is 0 Å². The van der Waals surface area contributed by atoms with E-state index in [9.17, 15) is 13.9 Å². The molecule has 0 amide bonds. The number of nitrogens with zero attached hydrogens (tertiary/aromatic N) is 1. The van der Waals surface area contributed by atoms with Crippen LogP contribution in [-0.4, -0.2) is 22.8 Å². The molecule has 1 aliphatic heterocycles. The van der Waals surface area contributed by atoms with Gasteiger partial charge in [0.1, 0.15) is 11.6 Å². The Kier molecular flexibility index (Phi) is 3.96. The highest BCUT2D eigenvalue weighted by Crippen LogP contribution is 2.34. The van der Waals surface area contributed by atoms with Gasteiger partial charge in [0.05, 0.1) is 0 Å². The number of alkyl halides is 2. The molecule has 0 spiro atoms. The summed E-state index contributed by atoms with van der Waals surface area (Å²) in [5, 5.41) is 12.9. The molecule has 1 aromatic carbocycles. The van der Waals surface area contributed by atoms with E-state index >= 15 is 0 Å². The Balaban J connectivity index is 2.03. The average molecular weight is 320 g/mol. The van der Waals surface area contributed by atoms with E-state index < -0.39 is 6.55 Å². The summed E-state index contributed by atoms with van der Waals surface area (Å²) >= 11 is 0. The maximum atomic E-state index is 13.3. The molecule has 0 bridgehead atoms. The molecule has 2 aromatic rings. The van der Waals surface area contributed by atoms with Crippen molar-refractivity contribution in [2.45, 2.75) is 12.5 Å². The van der Waals surface area contributed by atoms with Crippen molar-refractivity contribution in [1.29, 1.82) is 0 Å². The fourth-order valence-electron chi connectivity index (χ4n) is 2.69. The lowest BCUT2D eigenvalue weighted by Gasteiger charge is -2.28. The lowest BCUT2D eigenvalue weighted by molar-refractivity contribution is 0.0679. The summed E-state index contributed by atoms with van der Waals surface area (Å²) < 4.78 is 27.5. The summed E-state index contributed by atoms with van der Waals surface area (Å²) in [6.45, 7) is -1.41. The van der Waals surface area contributed by atoms with Gasteiger partial charge >= 0.3 is 6.55 Å². The SMILES string of the molecule is N/C(=C\c1cc(C2CNC2)n(C(F)F)c1N)c1ccccc1O. The molecule has 7 heteroatoms. The van der Waals surface area contributed by atoms with Gasteiger partial charge in [0.2, 0.25) is 0 Å². The van der Waals surface area contributed by atoms with Gasteiger partial charge in [-0.1, -0.05) is 12.1 Å². The molecule has 2 heterocycles. The minimum atomic E-state index is -2.71. The van der Waals surface area contributed by atoms with Crippen LogP contribution in [0.4, 0.5) is 14.6 Å². The first-order chi connectivity index (χ1) is 11.0. The van der Waals surface area contributed by atoms with Crippen molar-refractivity contribution in [2.24, 2.45) is 5.73 Å². The average Bonchev–Trinajstić information content (AvgIpc) is 2.74. The van der Waals surface area contributed by atoms with Gasteiger partial charge in [0.15, 0.2) is 0 Å². The van der Waals surface area contributed by atoms with Crippen molar-refractivity contribution in [3.05, 3.63) is 47.2 Å². The maximum absolute atomic E-state index is 13.3. The summed E-state index contributed by atoms with van der Waals surface area (Å²) in [6.07, 6.45) is 1.51. The van der Waals surface area contributed by atoms with Crippen LogP contribution < -0.4 is 16.8 Å². The monoisotopic (exact) mass is 320 g/mol. The van der Waals surface area contributed by atoms with Crippen molar-refractivity contribution in [3.63, 3.8) is 0 Å². The number of nitrogens with two attached hydrogens (primary N) is 2. The van der Waals surface area contributed by atoms with E-state index in [4.69, 9.17) is 11.5 Å². The van der Waals surface area contributed by atoms with Gasteiger partial charge in [0.25, 0.3) is 0 Å². The number of nitrogen functional groups attached to an aromatic ring is 1. The van der Waals surface area contributed by atoms with Crippen LogP contribution >= 0.6 is 0 Å². The van der Waals surface area contributed by atoms with Gasteiger partial charge in [-0.15, -0.1) is 0 Å². The lowest BCUT2D eigenvalue weighted by atomic mass is 9.99. The molecule has 1 saturated heterocycles. The number of benzene rings is 1. The highest BCUT2D eigenvalue weighted by molar-refractivity contribution is 5.84. The molecule has 0 saturated carbocycles. The summed E-state index contributed by atoms with van der Waals surface area (Å²) in [7, 11) is 0. The molecule has 1 aliphatic rings. The Hall–Kier alpha value is -2.54. The highest BCUT2D eigenvalue weighted by atomic mass is 19.3. The molecule has 5 nitrogen and oxygen atoms in total. The Morgan fingerprint density at radius 3 is 2.61 bits per heavy atom. The molecule has 6 N–H and O–H groups in total. The number of nitrogens with one attached hydrogen (secondary N) is 1. The van der Waals surface area contributed by atoms with Crippen LogP contribution in [0.25, 0.3) is 11.8 Å². The van der Waals surface area contributed by atoms with Gasteiger partial charge in [-0.2, -0.15) is 8.78 Å². The van der Waals surface area contributed by atoms with Crippen molar-refractivity contribution in [2.75, 3.05) is 18.8 Å². The molecule has 0 atom stereocenters. The maximum Gasteiger partial charge on any atom is 0.320 e. The molecule has 3 rings (SSSR count). The zero-order valence-corrected chi connectivity index (χ0v) is 12.3. The Bertz CT molecular complexity index is 751. The molecule has 1 fully saturated rings. The van der Waals surface area contributed by atoms with Crippen LogP contribution in [0.1, 0.15) is 29.3 Å². The number of hydrogen-bond donors (Lipinski definition) is 4. The van der Waals surface area contributed by atoms with Crippen LogP contribution in [0.15, 0.2) is 30.3 Å². The minimum Gasteiger partial charge on any atom is -0.507 e. The standard InChI is InChI=1S/C16H18F2N4O/c17-16(18)22-13(10-7-21-8-10)6-9(15(22)20)5-12(19)11-3-1-2-4-14(11)23/h1-6,10,16,21,23H,7-8,19-20H2/b12-5-. The number of halogens is 2.